The van der Waals surface area contributed by atoms with Crippen molar-refractivity contribution in [1.82, 2.24) is 25.3 Å². The molecule has 1 aromatic carbocycles. The van der Waals surface area contributed by atoms with Gasteiger partial charge in [-0.3, -0.25) is 0 Å². The summed E-state index contributed by atoms with van der Waals surface area (Å²) in [6.45, 7) is 1.71. The number of aromatic nitrogens is 5. The van der Waals surface area contributed by atoms with Gasteiger partial charge in [0.05, 0.1) is 7.11 Å². The lowest BCUT2D eigenvalue weighted by Crippen LogP contribution is -2.31. The summed E-state index contributed by atoms with van der Waals surface area (Å²) >= 11 is 0. The highest BCUT2D eigenvalue weighted by Gasteiger charge is 2.20. The third kappa shape index (κ3) is 1.97. The Hall–Kier alpha value is -2.70. The zero-order chi connectivity index (χ0) is 14.2. The summed E-state index contributed by atoms with van der Waals surface area (Å²) in [6, 6.07) is 10.0. The van der Waals surface area contributed by atoms with Crippen LogP contribution in [-0.2, 0) is 13.0 Å². The van der Waals surface area contributed by atoms with Crippen LogP contribution in [-0.4, -0.2) is 38.9 Å². The molecule has 7 heteroatoms. The summed E-state index contributed by atoms with van der Waals surface area (Å²) in [6.07, 6.45) is 0.939. The summed E-state index contributed by atoms with van der Waals surface area (Å²) in [5.74, 6) is 1.85. The van der Waals surface area contributed by atoms with E-state index in [0.717, 1.165) is 31.1 Å². The smallest absolute Gasteiger partial charge is 0.200 e. The van der Waals surface area contributed by atoms with Gasteiger partial charge in [0, 0.05) is 18.7 Å². The van der Waals surface area contributed by atoms with Crippen LogP contribution in [0.15, 0.2) is 30.3 Å². The molecule has 0 saturated carbocycles. The first-order valence-corrected chi connectivity index (χ1v) is 6.80. The van der Waals surface area contributed by atoms with Gasteiger partial charge in [-0.1, -0.05) is 12.1 Å². The van der Waals surface area contributed by atoms with Gasteiger partial charge in [0.2, 0.25) is 0 Å². The highest BCUT2D eigenvalue weighted by molar-refractivity contribution is 5.50. The zero-order valence-corrected chi connectivity index (χ0v) is 11.6. The second kappa shape index (κ2) is 4.69. The zero-order valence-electron chi connectivity index (χ0n) is 11.6. The molecule has 0 bridgehead atoms. The molecule has 1 aliphatic heterocycles. The summed E-state index contributed by atoms with van der Waals surface area (Å²) in [5.41, 5.74) is 3.22. The van der Waals surface area contributed by atoms with Crippen molar-refractivity contribution in [1.29, 1.82) is 0 Å². The fraction of sp³-hybridized carbons (Fsp3) is 0.286. The number of hydrogen-bond donors (Lipinski definition) is 0. The average Bonchev–Trinajstić information content (AvgIpc) is 3.01. The van der Waals surface area contributed by atoms with Gasteiger partial charge in [0.1, 0.15) is 5.75 Å². The Morgan fingerprint density at radius 1 is 1.19 bits per heavy atom. The van der Waals surface area contributed by atoms with Crippen molar-refractivity contribution in [3.05, 3.63) is 41.5 Å². The normalized spacial score (nSPS) is 14.2. The van der Waals surface area contributed by atoms with E-state index in [2.05, 4.69) is 31.6 Å². The lowest BCUT2D eigenvalue weighted by Gasteiger charge is -2.30. The Labute approximate surface area is 121 Å². The largest absolute Gasteiger partial charge is 0.496 e. The summed E-state index contributed by atoms with van der Waals surface area (Å²) in [4.78, 5) is 2.23. The van der Waals surface area contributed by atoms with Crippen molar-refractivity contribution in [2.75, 3.05) is 18.6 Å². The lowest BCUT2D eigenvalue weighted by atomic mass is 9.99. The van der Waals surface area contributed by atoms with Crippen LogP contribution in [0, 0.1) is 0 Å². The minimum absolute atomic E-state index is 0.651. The minimum Gasteiger partial charge on any atom is -0.496 e. The fourth-order valence-electron chi connectivity index (χ4n) is 2.77. The van der Waals surface area contributed by atoms with E-state index in [0.29, 0.717) is 5.65 Å². The second-order valence-corrected chi connectivity index (χ2v) is 4.99. The first kappa shape index (κ1) is 12.1. The standard InChI is InChI=1S/C14H14N6O/c1-21-12-4-2-3-10-9-19(8-7-11(10)12)14-6-5-13-15-17-18-20(13)16-14/h2-6H,7-9H2,1H3. The van der Waals surface area contributed by atoms with Crippen LogP contribution in [0.5, 0.6) is 5.75 Å². The van der Waals surface area contributed by atoms with E-state index < -0.39 is 0 Å². The molecule has 0 atom stereocenters. The van der Waals surface area contributed by atoms with E-state index in [4.69, 9.17) is 4.74 Å². The van der Waals surface area contributed by atoms with Crippen LogP contribution in [0.4, 0.5) is 5.82 Å². The Morgan fingerprint density at radius 3 is 3.05 bits per heavy atom. The van der Waals surface area contributed by atoms with Gasteiger partial charge < -0.3 is 9.64 Å². The van der Waals surface area contributed by atoms with Gasteiger partial charge in [0.25, 0.3) is 0 Å². The third-order valence-corrected chi connectivity index (χ3v) is 3.82. The van der Waals surface area contributed by atoms with Crippen LogP contribution < -0.4 is 9.64 Å². The van der Waals surface area contributed by atoms with E-state index in [9.17, 15) is 0 Å². The lowest BCUT2D eigenvalue weighted by molar-refractivity contribution is 0.407. The number of nitrogens with zero attached hydrogens (tertiary/aromatic N) is 6. The quantitative estimate of drug-likeness (QED) is 0.701. The average molecular weight is 282 g/mol. The summed E-state index contributed by atoms with van der Waals surface area (Å²) in [5, 5.41) is 15.8. The molecule has 4 rings (SSSR count). The first-order valence-electron chi connectivity index (χ1n) is 6.80. The van der Waals surface area contributed by atoms with Crippen LogP contribution in [0.3, 0.4) is 0 Å². The number of methoxy groups -OCH3 is 1. The highest BCUT2D eigenvalue weighted by atomic mass is 16.5. The topological polar surface area (TPSA) is 68.4 Å². The Morgan fingerprint density at radius 2 is 2.14 bits per heavy atom. The molecule has 0 spiro atoms. The van der Waals surface area contributed by atoms with Crippen molar-refractivity contribution in [3.8, 4) is 5.75 Å². The van der Waals surface area contributed by atoms with E-state index >= 15 is 0 Å². The summed E-state index contributed by atoms with van der Waals surface area (Å²) in [7, 11) is 1.72. The monoisotopic (exact) mass is 282 g/mol. The SMILES string of the molecule is COc1cccc2c1CCN(c1ccc3nnnn3n1)C2. The molecule has 0 fully saturated rings. The van der Waals surface area contributed by atoms with Crippen LogP contribution in [0.25, 0.3) is 5.65 Å². The highest BCUT2D eigenvalue weighted by Crippen LogP contribution is 2.29. The molecule has 0 unspecified atom stereocenters. The first-order chi connectivity index (χ1) is 10.3. The van der Waals surface area contributed by atoms with Crippen LogP contribution in [0.1, 0.15) is 11.1 Å². The Kier molecular flexibility index (Phi) is 2.70. The molecule has 0 N–H and O–H groups in total. The van der Waals surface area contributed by atoms with E-state index in [-0.39, 0.29) is 0 Å². The third-order valence-electron chi connectivity index (χ3n) is 3.82. The van der Waals surface area contributed by atoms with Crippen LogP contribution in [0.2, 0.25) is 0 Å². The van der Waals surface area contributed by atoms with E-state index in [1.54, 1.807) is 7.11 Å². The van der Waals surface area contributed by atoms with Gasteiger partial charge in [-0.2, -0.15) is 0 Å². The molecule has 0 aliphatic carbocycles. The molecule has 2 aromatic heterocycles. The minimum atomic E-state index is 0.651. The number of hydrogen-bond acceptors (Lipinski definition) is 6. The molecule has 1 aliphatic rings. The van der Waals surface area contributed by atoms with Crippen molar-refractivity contribution in [3.63, 3.8) is 0 Å². The summed E-state index contributed by atoms with van der Waals surface area (Å²) < 4.78 is 6.89. The van der Waals surface area contributed by atoms with Crippen molar-refractivity contribution >= 4 is 11.5 Å². The predicted octanol–water partition coefficient (Wildman–Crippen LogP) is 1.09. The molecular weight excluding hydrogens is 268 g/mol. The fourth-order valence-corrected chi connectivity index (χ4v) is 2.77. The molecule has 21 heavy (non-hydrogen) atoms. The van der Waals surface area contributed by atoms with Crippen molar-refractivity contribution in [2.45, 2.75) is 13.0 Å². The maximum Gasteiger partial charge on any atom is 0.200 e. The predicted molar refractivity (Wildman–Crippen MR) is 76.3 cm³/mol. The van der Waals surface area contributed by atoms with Crippen LogP contribution >= 0.6 is 0 Å². The van der Waals surface area contributed by atoms with Gasteiger partial charge in [-0.25, -0.2) is 0 Å². The Bertz CT molecular complexity index is 799. The Balaban J connectivity index is 1.68. The maximum atomic E-state index is 5.44. The number of fused-ring (bicyclic) bond motifs is 2. The van der Waals surface area contributed by atoms with Gasteiger partial charge in [-0.15, -0.1) is 14.8 Å². The van der Waals surface area contributed by atoms with Gasteiger partial charge in [0.15, 0.2) is 11.5 Å². The molecule has 106 valence electrons. The van der Waals surface area contributed by atoms with E-state index in [1.165, 1.54) is 15.8 Å². The molecule has 0 saturated heterocycles. The van der Waals surface area contributed by atoms with E-state index in [1.807, 2.05) is 24.3 Å². The molecule has 0 amide bonds. The number of anilines is 1. The molecule has 3 heterocycles. The maximum absolute atomic E-state index is 5.44. The molecule has 0 radical (unpaired) electrons. The van der Waals surface area contributed by atoms with Crippen molar-refractivity contribution in [2.24, 2.45) is 0 Å². The molecule has 3 aromatic rings. The number of benzene rings is 1. The van der Waals surface area contributed by atoms with Gasteiger partial charge >= 0.3 is 0 Å². The number of rotatable bonds is 2. The van der Waals surface area contributed by atoms with Gasteiger partial charge in [-0.05, 0) is 40.6 Å². The molecule has 7 nitrogen and oxygen atoms in total. The number of ether oxygens (including phenoxy) is 1. The van der Waals surface area contributed by atoms with Crippen molar-refractivity contribution < 1.29 is 4.74 Å². The molecular formula is C14H14N6O. The second-order valence-electron chi connectivity index (χ2n) is 4.99. The number of tetrazole rings is 1.